The highest BCUT2D eigenvalue weighted by Gasteiger charge is 2.33. The van der Waals surface area contributed by atoms with E-state index in [1.54, 1.807) is 0 Å². The molecule has 4 heteroatoms. The van der Waals surface area contributed by atoms with E-state index in [0.29, 0.717) is 11.4 Å². The van der Waals surface area contributed by atoms with Gasteiger partial charge in [0.05, 0.1) is 10.5 Å². The molecule has 1 aromatic carbocycles. The maximum atomic E-state index is 12.4. The van der Waals surface area contributed by atoms with Crippen LogP contribution in [0.5, 0.6) is 0 Å². The van der Waals surface area contributed by atoms with Crippen molar-refractivity contribution in [2.24, 2.45) is 11.7 Å². The number of benzene rings is 1. The minimum Gasteiger partial charge on any atom is -0.391 e. The third-order valence-corrected chi connectivity index (χ3v) is 4.52. The van der Waals surface area contributed by atoms with Gasteiger partial charge in [0.2, 0.25) is 5.91 Å². The van der Waals surface area contributed by atoms with Crippen molar-refractivity contribution in [2.45, 2.75) is 38.6 Å². The summed E-state index contributed by atoms with van der Waals surface area (Å²) in [5, 5.41) is 3.01. The van der Waals surface area contributed by atoms with E-state index in [4.69, 9.17) is 18.0 Å². The molecule has 0 saturated carbocycles. The molecule has 3 nitrogen and oxygen atoms in total. The number of amides is 1. The molecule has 0 saturated heterocycles. The van der Waals surface area contributed by atoms with Crippen LogP contribution < -0.4 is 11.1 Å². The molecule has 1 aromatic rings. The molecule has 102 valence electrons. The Bertz CT molecular complexity index is 490. The van der Waals surface area contributed by atoms with Crippen molar-refractivity contribution in [1.29, 1.82) is 0 Å². The smallest absolute Gasteiger partial charge is 0.224 e. The highest BCUT2D eigenvalue weighted by atomic mass is 32.1. The van der Waals surface area contributed by atoms with Crippen LogP contribution in [-0.2, 0) is 17.6 Å². The Morgan fingerprint density at radius 1 is 1.42 bits per heavy atom. The molecule has 1 aliphatic carbocycles. The maximum absolute atomic E-state index is 12.4. The number of thiocarbonyl (C=S) groups is 1. The van der Waals surface area contributed by atoms with Gasteiger partial charge < -0.3 is 11.1 Å². The summed E-state index contributed by atoms with van der Waals surface area (Å²) in [7, 11) is 0. The average Bonchev–Trinajstić information content (AvgIpc) is 2.82. The molecule has 0 heterocycles. The molecule has 2 rings (SSSR count). The van der Waals surface area contributed by atoms with Crippen LogP contribution in [0.4, 0.5) is 0 Å². The summed E-state index contributed by atoms with van der Waals surface area (Å²) in [6.45, 7) is 3.86. The first kappa shape index (κ1) is 14.0. The number of fused-ring (bicyclic) bond motifs is 1. The number of nitrogens with two attached hydrogens (primary N) is 1. The van der Waals surface area contributed by atoms with Crippen LogP contribution in [-0.4, -0.2) is 16.4 Å². The summed E-state index contributed by atoms with van der Waals surface area (Å²) in [5.74, 6) is 0.0472. The predicted molar refractivity (Wildman–Crippen MR) is 81.0 cm³/mol. The van der Waals surface area contributed by atoms with E-state index in [1.165, 1.54) is 11.1 Å². The van der Waals surface area contributed by atoms with Gasteiger partial charge in [-0.2, -0.15) is 0 Å². The molecule has 0 fully saturated rings. The first-order valence-electron chi connectivity index (χ1n) is 6.65. The van der Waals surface area contributed by atoms with Gasteiger partial charge in [0.15, 0.2) is 0 Å². The largest absolute Gasteiger partial charge is 0.391 e. The average molecular weight is 276 g/mol. The normalized spacial score (nSPS) is 17.6. The van der Waals surface area contributed by atoms with Crippen molar-refractivity contribution in [1.82, 2.24) is 5.32 Å². The molecular weight excluding hydrogens is 256 g/mol. The summed E-state index contributed by atoms with van der Waals surface area (Å²) in [6.07, 6.45) is 2.31. The van der Waals surface area contributed by atoms with Crippen molar-refractivity contribution < 1.29 is 4.79 Å². The summed E-state index contributed by atoms with van der Waals surface area (Å²) in [4.78, 5) is 12.7. The van der Waals surface area contributed by atoms with E-state index < -0.39 is 5.54 Å². The van der Waals surface area contributed by atoms with Crippen molar-refractivity contribution in [3.05, 3.63) is 35.4 Å². The van der Waals surface area contributed by atoms with Gasteiger partial charge in [0.25, 0.3) is 0 Å². The fourth-order valence-electron chi connectivity index (χ4n) is 2.44. The Balaban J connectivity index is 2.06. The zero-order valence-corrected chi connectivity index (χ0v) is 12.2. The second kappa shape index (κ2) is 5.29. The molecule has 1 atom stereocenters. The molecule has 1 amide bonds. The highest BCUT2D eigenvalue weighted by Crippen LogP contribution is 2.27. The maximum Gasteiger partial charge on any atom is 0.224 e. The van der Waals surface area contributed by atoms with Crippen LogP contribution in [0.1, 0.15) is 31.4 Å². The first-order chi connectivity index (χ1) is 8.96. The van der Waals surface area contributed by atoms with Gasteiger partial charge in [-0.25, -0.2) is 0 Å². The topological polar surface area (TPSA) is 55.1 Å². The molecule has 0 radical (unpaired) electrons. The second-order valence-electron chi connectivity index (χ2n) is 5.41. The second-order valence-corrected chi connectivity index (χ2v) is 5.85. The number of hydrogen-bond acceptors (Lipinski definition) is 2. The van der Waals surface area contributed by atoms with Crippen LogP contribution >= 0.6 is 12.2 Å². The van der Waals surface area contributed by atoms with E-state index in [1.807, 2.05) is 26.0 Å². The lowest BCUT2D eigenvalue weighted by Gasteiger charge is -2.29. The number of rotatable bonds is 4. The summed E-state index contributed by atoms with van der Waals surface area (Å²) < 4.78 is 0. The lowest BCUT2D eigenvalue weighted by atomic mass is 9.96. The lowest BCUT2D eigenvalue weighted by molar-refractivity contribution is -0.125. The van der Waals surface area contributed by atoms with E-state index in [0.717, 1.165) is 12.8 Å². The van der Waals surface area contributed by atoms with Gasteiger partial charge >= 0.3 is 0 Å². The SMILES string of the molecule is CCC(C)(NC(=O)C1Cc2ccccc2C1)C(N)=S. The summed E-state index contributed by atoms with van der Waals surface area (Å²) >= 11 is 5.05. The Labute approximate surface area is 119 Å². The fraction of sp³-hybridized carbons (Fsp3) is 0.467. The molecule has 0 aliphatic heterocycles. The van der Waals surface area contributed by atoms with Gasteiger partial charge in [-0.15, -0.1) is 0 Å². The Kier molecular flexibility index (Phi) is 3.90. The minimum absolute atomic E-state index is 0.00220. The zero-order chi connectivity index (χ0) is 14.0. The van der Waals surface area contributed by atoms with Crippen LogP contribution in [0.3, 0.4) is 0 Å². The van der Waals surface area contributed by atoms with Crippen molar-refractivity contribution in [3.8, 4) is 0 Å². The van der Waals surface area contributed by atoms with E-state index >= 15 is 0 Å². The highest BCUT2D eigenvalue weighted by molar-refractivity contribution is 7.80. The van der Waals surface area contributed by atoms with Gasteiger partial charge in [0, 0.05) is 5.92 Å². The van der Waals surface area contributed by atoms with Gasteiger partial charge in [0.1, 0.15) is 0 Å². The predicted octanol–water partition coefficient (Wildman–Crippen LogP) is 1.97. The Hall–Kier alpha value is -1.42. The van der Waals surface area contributed by atoms with Crippen molar-refractivity contribution in [3.63, 3.8) is 0 Å². The summed E-state index contributed by atoms with van der Waals surface area (Å²) in [6, 6.07) is 8.22. The van der Waals surface area contributed by atoms with Gasteiger partial charge in [-0.3, -0.25) is 4.79 Å². The molecule has 1 unspecified atom stereocenters. The number of hydrogen-bond donors (Lipinski definition) is 2. The molecule has 0 aromatic heterocycles. The molecule has 1 aliphatic rings. The van der Waals surface area contributed by atoms with Gasteiger partial charge in [-0.1, -0.05) is 43.4 Å². The van der Waals surface area contributed by atoms with Crippen LogP contribution in [0.2, 0.25) is 0 Å². The molecular formula is C15H20N2OS. The third kappa shape index (κ3) is 2.78. The number of carbonyl (C=O) groups excluding carboxylic acids is 1. The van der Waals surface area contributed by atoms with Crippen molar-refractivity contribution in [2.75, 3.05) is 0 Å². The van der Waals surface area contributed by atoms with E-state index in [9.17, 15) is 4.79 Å². The molecule has 0 bridgehead atoms. The minimum atomic E-state index is -0.582. The Morgan fingerprint density at radius 2 is 1.95 bits per heavy atom. The van der Waals surface area contributed by atoms with Crippen LogP contribution in [0.25, 0.3) is 0 Å². The molecule has 19 heavy (non-hydrogen) atoms. The van der Waals surface area contributed by atoms with Crippen LogP contribution in [0, 0.1) is 5.92 Å². The first-order valence-corrected chi connectivity index (χ1v) is 7.06. The van der Waals surface area contributed by atoms with E-state index in [-0.39, 0.29) is 11.8 Å². The zero-order valence-electron chi connectivity index (χ0n) is 11.4. The molecule has 3 N–H and O–H groups in total. The van der Waals surface area contributed by atoms with Crippen molar-refractivity contribution >= 4 is 23.1 Å². The fourth-order valence-corrected chi connectivity index (χ4v) is 2.64. The number of carbonyl (C=O) groups is 1. The summed E-state index contributed by atoms with van der Waals surface area (Å²) in [5.41, 5.74) is 7.70. The quantitative estimate of drug-likeness (QED) is 0.827. The molecule has 0 spiro atoms. The third-order valence-electron chi connectivity index (χ3n) is 4.07. The standard InChI is InChI=1S/C15H20N2OS/c1-3-15(2,14(16)19)17-13(18)12-8-10-6-4-5-7-11(10)9-12/h4-7,12H,3,8-9H2,1-2H3,(H2,16,19)(H,17,18). The van der Waals surface area contributed by atoms with E-state index in [2.05, 4.69) is 17.4 Å². The lowest BCUT2D eigenvalue weighted by Crippen LogP contribution is -2.55. The number of nitrogens with one attached hydrogen (secondary N) is 1. The van der Waals surface area contributed by atoms with Gasteiger partial charge in [-0.05, 0) is 37.3 Å². The van der Waals surface area contributed by atoms with Crippen LogP contribution in [0.15, 0.2) is 24.3 Å². The monoisotopic (exact) mass is 276 g/mol. The Morgan fingerprint density at radius 3 is 2.37 bits per heavy atom.